The van der Waals surface area contributed by atoms with E-state index in [4.69, 9.17) is 0 Å². The van der Waals surface area contributed by atoms with Crippen LogP contribution in [0.4, 0.5) is 11.6 Å². The molecule has 102 valence electrons. The molecule has 3 heterocycles. The minimum atomic E-state index is -0.507. The highest BCUT2D eigenvalue weighted by atomic mass is 79.9. The predicted molar refractivity (Wildman–Crippen MR) is 79.0 cm³/mol. The second kappa shape index (κ2) is 5.17. The van der Waals surface area contributed by atoms with Gasteiger partial charge in [0.1, 0.15) is 6.20 Å². The minimum absolute atomic E-state index is 0.150. The summed E-state index contributed by atoms with van der Waals surface area (Å²) in [6.45, 7) is 0.608. The SMILES string of the molecule is O=[N+]([O-])c1cnc2ccc(NCc3ccc(Br)s3)nn12. The molecule has 0 aliphatic rings. The second-order valence-corrected chi connectivity index (χ2v) is 6.47. The molecular weight excluding hydrogens is 346 g/mol. The Bertz CT molecular complexity index is 784. The van der Waals surface area contributed by atoms with Crippen LogP contribution < -0.4 is 5.32 Å². The summed E-state index contributed by atoms with van der Waals surface area (Å²) in [6.07, 6.45) is 1.20. The first-order chi connectivity index (χ1) is 9.63. The highest BCUT2D eigenvalue weighted by Crippen LogP contribution is 2.23. The van der Waals surface area contributed by atoms with Crippen LogP contribution in [0, 0.1) is 10.1 Å². The number of hydrogen-bond donors (Lipinski definition) is 1. The van der Waals surface area contributed by atoms with E-state index in [1.54, 1.807) is 23.5 Å². The molecule has 9 heteroatoms. The lowest BCUT2D eigenvalue weighted by Crippen LogP contribution is -2.04. The zero-order valence-electron chi connectivity index (χ0n) is 9.99. The Morgan fingerprint density at radius 1 is 1.40 bits per heavy atom. The summed E-state index contributed by atoms with van der Waals surface area (Å²) in [7, 11) is 0. The van der Waals surface area contributed by atoms with Crippen molar-refractivity contribution in [3.63, 3.8) is 0 Å². The van der Waals surface area contributed by atoms with Gasteiger partial charge in [0.25, 0.3) is 0 Å². The summed E-state index contributed by atoms with van der Waals surface area (Å²) in [5.41, 5.74) is 0.445. The molecule has 3 aromatic heterocycles. The van der Waals surface area contributed by atoms with Crippen LogP contribution in [0.5, 0.6) is 0 Å². The lowest BCUT2D eigenvalue weighted by molar-refractivity contribution is -0.391. The van der Waals surface area contributed by atoms with Crippen LogP contribution in [0.1, 0.15) is 4.88 Å². The first-order valence-corrected chi connectivity index (χ1v) is 7.22. The van der Waals surface area contributed by atoms with E-state index in [9.17, 15) is 10.1 Å². The number of thiophene rings is 1. The topological polar surface area (TPSA) is 85.4 Å². The van der Waals surface area contributed by atoms with Gasteiger partial charge >= 0.3 is 5.82 Å². The van der Waals surface area contributed by atoms with E-state index in [1.165, 1.54) is 10.7 Å². The maximum atomic E-state index is 10.9. The number of nitrogens with zero attached hydrogens (tertiary/aromatic N) is 4. The largest absolute Gasteiger partial charge is 0.368 e. The minimum Gasteiger partial charge on any atom is -0.362 e. The first kappa shape index (κ1) is 13.0. The molecule has 0 saturated carbocycles. The molecule has 0 amide bonds. The van der Waals surface area contributed by atoms with Crippen molar-refractivity contribution in [1.29, 1.82) is 0 Å². The van der Waals surface area contributed by atoms with Crippen LogP contribution in [0.25, 0.3) is 5.65 Å². The maximum absolute atomic E-state index is 10.9. The molecule has 0 spiro atoms. The van der Waals surface area contributed by atoms with E-state index in [0.717, 1.165) is 8.66 Å². The highest BCUT2D eigenvalue weighted by molar-refractivity contribution is 9.11. The van der Waals surface area contributed by atoms with Gasteiger partial charge in [-0.25, -0.2) is 4.98 Å². The molecule has 1 N–H and O–H groups in total. The van der Waals surface area contributed by atoms with Gasteiger partial charge in [-0.1, -0.05) is 9.61 Å². The van der Waals surface area contributed by atoms with E-state index in [-0.39, 0.29) is 5.82 Å². The number of nitro groups is 1. The molecule has 0 fully saturated rings. The van der Waals surface area contributed by atoms with E-state index >= 15 is 0 Å². The number of fused-ring (bicyclic) bond motifs is 1. The molecular formula is C11H8BrN5O2S. The third kappa shape index (κ3) is 2.49. The average Bonchev–Trinajstić information content (AvgIpc) is 3.01. The molecule has 0 aromatic carbocycles. The third-order valence-corrected chi connectivity index (χ3v) is 4.23. The second-order valence-electron chi connectivity index (χ2n) is 3.92. The van der Waals surface area contributed by atoms with E-state index in [1.807, 2.05) is 12.1 Å². The predicted octanol–water partition coefficient (Wildman–Crippen LogP) is 3.07. The van der Waals surface area contributed by atoms with Gasteiger partial charge in [-0.2, -0.15) is 0 Å². The highest BCUT2D eigenvalue weighted by Gasteiger charge is 2.15. The Kier molecular flexibility index (Phi) is 3.36. The molecule has 3 rings (SSSR count). The Morgan fingerprint density at radius 3 is 2.95 bits per heavy atom. The number of halogens is 1. The van der Waals surface area contributed by atoms with Crippen LogP contribution in [-0.2, 0) is 6.54 Å². The summed E-state index contributed by atoms with van der Waals surface area (Å²) in [5, 5.41) is 18.2. The molecule has 7 nitrogen and oxygen atoms in total. The molecule has 0 aliphatic carbocycles. The lowest BCUT2D eigenvalue weighted by atomic mass is 10.4. The fourth-order valence-corrected chi connectivity index (χ4v) is 3.13. The van der Waals surface area contributed by atoms with Gasteiger partial charge in [0.05, 0.1) is 10.3 Å². The van der Waals surface area contributed by atoms with Gasteiger partial charge in [0, 0.05) is 10.9 Å². The summed E-state index contributed by atoms with van der Waals surface area (Å²) < 4.78 is 2.27. The maximum Gasteiger partial charge on any atom is 0.368 e. The number of imidazole rings is 1. The summed E-state index contributed by atoms with van der Waals surface area (Å²) in [5.74, 6) is 0.408. The number of rotatable bonds is 4. The number of nitrogens with one attached hydrogen (secondary N) is 1. The van der Waals surface area contributed by atoms with Crippen molar-refractivity contribution in [3.8, 4) is 0 Å². The van der Waals surface area contributed by atoms with E-state index in [2.05, 4.69) is 31.3 Å². The Hall–Kier alpha value is -2.00. The van der Waals surface area contributed by atoms with E-state index < -0.39 is 4.92 Å². The standard InChI is InChI=1S/C11H8BrN5O2S/c12-8-2-1-7(20-8)5-13-9-3-4-10-14-6-11(17(18)19)16(10)15-9/h1-4,6H,5H2,(H,13,15). The summed E-state index contributed by atoms with van der Waals surface area (Å²) >= 11 is 5.02. The molecule has 0 atom stereocenters. The van der Waals surface area contributed by atoms with Gasteiger partial charge in [0.15, 0.2) is 5.82 Å². The van der Waals surface area contributed by atoms with Crippen molar-refractivity contribution < 1.29 is 4.92 Å². The average molecular weight is 354 g/mol. The van der Waals surface area contributed by atoms with Crippen LogP contribution >= 0.6 is 27.3 Å². The molecule has 20 heavy (non-hydrogen) atoms. The zero-order valence-corrected chi connectivity index (χ0v) is 12.4. The Morgan fingerprint density at radius 2 is 2.25 bits per heavy atom. The molecule has 0 bridgehead atoms. The van der Waals surface area contributed by atoms with Crippen LogP contribution in [0.2, 0.25) is 0 Å². The van der Waals surface area contributed by atoms with Crippen molar-refractivity contribution in [3.05, 3.63) is 49.2 Å². The monoisotopic (exact) mass is 353 g/mol. The summed E-state index contributed by atoms with van der Waals surface area (Å²) in [4.78, 5) is 15.4. The molecule has 0 radical (unpaired) electrons. The third-order valence-electron chi connectivity index (χ3n) is 2.60. The fraction of sp³-hybridized carbons (Fsp3) is 0.0909. The molecule has 3 aromatic rings. The smallest absolute Gasteiger partial charge is 0.362 e. The van der Waals surface area contributed by atoms with E-state index in [0.29, 0.717) is 18.0 Å². The van der Waals surface area contributed by atoms with Crippen LogP contribution in [0.15, 0.2) is 34.2 Å². The molecule has 0 saturated heterocycles. The number of anilines is 1. The Balaban J connectivity index is 1.84. The van der Waals surface area contributed by atoms with Gasteiger partial charge in [-0.05, 0) is 39.1 Å². The van der Waals surface area contributed by atoms with Crippen LogP contribution in [-0.4, -0.2) is 19.5 Å². The van der Waals surface area contributed by atoms with Crippen molar-refractivity contribution in [2.45, 2.75) is 6.54 Å². The molecule has 0 aliphatic heterocycles. The number of aromatic nitrogens is 3. The van der Waals surface area contributed by atoms with Gasteiger partial charge < -0.3 is 15.4 Å². The van der Waals surface area contributed by atoms with Crippen molar-refractivity contribution in [2.75, 3.05) is 5.32 Å². The summed E-state index contributed by atoms with van der Waals surface area (Å²) in [6, 6.07) is 7.40. The van der Waals surface area contributed by atoms with Crippen molar-refractivity contribution >= 4 is 44.5 Å². The Labute approximate surface area is 125 Å². The quantitative estimate of drug-likeness (QED) is 0.575. The zero-order chi connectivity index (χ0) is 14.1. The van der Waals surface area contributed by atoms with Gasteiger partial charge in [0.2, 0.25) is 5.65 Å². The van der Waals surface area contributed by atoms with Crippen molar-refractivity contribution in [2.24, 2.45) is 0 Å². The van der Waals surface area contributed by atoms with Gasteiger partial charge in [-0.3, -0.25) is 0 Å². The lowest BCUT2D eigenvalue weighted by Gasteiger charge is -2.02. The molecule has 0 unspecified atom stereocenters. The first-order valence-electron chi connectivity index (χ1n) is 5.61. The number of hydrogen-bond acceptors (Lipinski definition) is 6. The normalized spacial score (nSPS) is 10.8. The van der Waals surface area contributed by atoms with Crippen LogP contribution in [0.3, 0.4) is 0 Å². The fourth-order valence-electron chi connectivity index (χ4n) is 1.70. The van der Waals surface area contributed by atoms with Crippen molar-refractivity contribution in [1.82, 2.24) is 14.6 Å². The van der Waals surface area contributed by atoms with Gasteiger partial charge in [-0.15, -0.1) is 11.3 Å².